The fraction of sp³-hybridized carbons (Fsp3) is 0.667. The van der Waals surface area contributed by atoms with Crippen LogP contribution >= 0.6 is 0 Å². The number of rotatable bonds is 3. The fourth-order valence-electron chi connectivity index (χ4n) is 4.83. The second kappa shape index (κ2) is 4.34. The molecule has 3 rings (SSSR count). The molecule has 3 atom stereocenters. The summed E-state index contributed by atoms with van der Waals surface area (Å²) in [6, 6.07) is 9.41. The first-order valence-corrected chi connectivity index (χ1v) is 7.71. The predicted molar refractivity (Wildman–Crippen MR) is 81.0 cm³/mol. The van der Waals surface area contributed by atoms with Gasteiger partial charge in [-0.1, -0.05) is 45.0 Å². The van der Waals surface area contributed by atoms with Gasteiger partial charge in [0, 0.05) is 12.6 Å². The van der Waals surface area contributed by atoms with Crippen molar-refractivity contribution in [1.82, 2.24) is 5.32 Å². The van der Waals surface area contributed by atoms with Crippen LogP contribution in [0.2, 0.25) is 0 Å². The van der Waals surface area contributed by atoms with Gasteiger partial charge in [-0.3, -0.25) is 0 Å². The zero-order valence-corrected chi connectivity index (χ0v) is 12.8. The molecule has 0 radical (unpaired) electrons. The van der Waals surface area contributed by atoms with Crippen LogP contribution in [0.1, 0.15) is 51.2 Å². The lowest BCUT2D eigenvalue weighted by Crippen LogP contribution is -2.49. The lowest BCUT2D eigenvalue weighted by Gasteiger charge is -2.43. The van der Waals surface area contributed by atoms with Gasteiger partial charge in [-0.05, 0) is 54.1 Å². The highest BCUT2D eigenvalue weighted by Crippen LogP contribution is 2.62. The largest absolute Gasteiger partial charge is 0.309 e. The summed E-state index contributed by atoms with van der Waals surface area (Å²) in [5.74, 6) is 0.923. The van der Waals surface area contributed by atoms with E-state index in [-0.39, 0.29) is 0 Å². The molecule has 0 aromatic heterocycles. The summed E-state index contributed by atoms with van der Waals surface area (Å²) in [6.07, 6.45) is 4.27. The minimum atomic E-state index is 0.454. The van der Waals surface area contributed by atoms with Crippen molar-refractivity contribution in [2.24, 2.45) is 16.7 Å². The van der Waals surface area contributed by atoms with E-state index >= 15 is 0 Å². The van der Waals surface area contributed by atoms with Gasteiger partial charge in [-0.2, -0.15) is 0 Å². The number of nitrogens with one attached hydrogen (secondary N) is 1. The van der Waals surface area contributed by atoms with Crippen molar-refractivity contribution < 1.29 is 0 Å². The van der Waals surface area contributed by atoms with Gasteiger partial charge in [0.25, 0.3) is 0 Å². The molecular weight excluding hydrogens is 230 g/mol. The molecule has 3 unspecified atom stereocenters. The summed E-state index contributed by atoms with van der Waals surface area (Å²) in [7, 11) is 0. The second-order valence-corrected chi connectivity index (χ2v) is 7.66. The highest BCUT2D eigenvalue weighted by molar-refractivity contribution is 5.25. The third-order valence-electron chi connectivity index (χ3n) is 6.03. The van der Waals surface area contributed by atoms with Gasteiger partial charge in [0.2, 0.25) is 0 Å². The highest BCUT2D eigenvalue weighted by atomic mass is 15.0. The lowest BCUT2D eigenvalue weighted by molar-refractivity contribution is 0.108. The lowest BCUT2D eigenvalue weighted by atomic mass is 9.68. The second-order valence-electron chi connectivity index (χ2n) is 7.66. The first-order chi connectivity index (χ1) is 8.93. The van der Waals surface area contributed by atoms with Gasteiger partial charge in [-0.15, -0.1) is 0 Å². The third kappa shape index (κ3) is 2.03. The molecule has 1 aromatic rings. The zero-order chi connectivity index (χ0) is 13.7. The molecule has 0 heterocycles. The molecule has 2 saturated carbocycles. The minimum Gasteiger partial charge on any atom is -0.309 e. The summed E-state index contributed by atoms with van der Waals surface area (Å²) in [6.45, 7) is 10.7. The maximum absolute atomic E-state index is 3.90. The predicted octanol–water partition coefficient (Wildman–Crippen LogP) is 4.30. The molecule has 0 aliphatic heterocycles. The summed E-state index contributed by atoms with van der Waals surface area (Å²) in [5, 5.41) is 3.90. The van der Waals surface area contributed by atoms with Crippen LogP contribution in [-0.2, 0) is 6.54 Å². The quantitative estimate of drug-likeness (QED) is 0.851. The van der Waals surface area contributed by atoms with Gasteiger partial charge in [0.05, 0.1) is 0 Å². The van der Waals surface area contributed by atoms with E-state index in [1.165, 1.54) is 30.4 Å². The number of fused-ring (bicyclic) bond motifs is 2. The SMILES string of the molecule is Cc1ccccc1CNC1C2(C)CCC(C2)C1(C)C. The molecular formula is C18H27N. The average Bonchev–Trinajstić information content (AvgIpc) is 2.82. The van der Waals surface area contributed by atoms with E-state index in [1.807, 2.05) is 0 Å². The van der Waals surface area contributed by atoms with Crippen LogP contribution < -0.4 is 5.32 Å². The number of benzene rings is 1. The highest BCUT2D eigenvalue weighted by Gasteiger charge is 2.58. The molecule has 0 spiro atoms. The molecule has 0 saturated heterocycles. The van der Waals surface area contributed by atoms with Gasteiger partial charge in [-0.25, -0.2) is 0 Å². The van der Waals surface area contributed by atoms with Crippen molar-refractivity contribution in [2.45, 2.75) is 59.5 Å². The van der Waals surface area contributed by atoms with Crippen LogP contribution in [0.25, 0.3) is 0 Å². The molecule has 1 aromatic carbocycles. The van der Waals surface area contributed by atoms with Crippen molar-refractivity contribution in [3.8, 4) is 0 Å². The Morgan fingerprint density at radius 2 is 1.95 bits per heavy atom. The van der Waals surface area contributed by atoms with Crippen molar-refractivity contribution in [3.63, 3.8) is 0 Å². The molecule has 2 aliphatic rings. The molecule has 1 N–H and O–H groups in total. The van der Waals surface area contributed by atoms with E-state index in [0.29, 0.717) is 16.9 Å². The van der Waals surface area contributed by atoms with Gasteiger partial charge in [0.15, 0.2) is 0 Å². The first-order valence-electron chi connectivity index (χ1n) is 7.71. The Morgan fingerprint density at radius 1 is 1.21 bits per heavy atom. The number of hydrogen-bond donors (Lipinski definition) is 1. The number of hydrogen-bond acceptors (Lipinski definition) is 1. The van der Waals surface area contributed by atoms with Crippen LogP contribution in [-0.4, -0.2) is 6.04 Å². The van der Waals surface area contributed by atoms with Crippen LogP contribution in [0.15, 0.2) is 24.3 Å². The third-order valence-corrected chi connectivity index (χ3v) is 6.03. The van der Waals surface area contributed by atoms with Crippen LogP contribution in [0.3, 0.4) is 0 Å². The Labute approximate surface area is 117 Å². The Bertz CT molecular complexity index is 472. The molecule has 19 heavy (non-hydrogen) atoms. The van der Waals surface area contributed by atoms with Crippen molar-refractivity contribution in [2.75, 3.05) is 0 Å². The van der Waals surface area contributed by atoms with E-state index in [4.69, 9.17) is 0 Å². The number of aryl methyl sites for hydroxylation is 1. The molecule has 1 heteroatoms. The monoisotopic (exact) mass is 257 g/mol. The van der Waals surface area contributed by atoms with Gasteiger partial charge < -0.3 is 5.32 Å². The van der Waals surface area contributed by atoms with E-state index in [0.717, 1.165) is 12.5 Å². The van der Waals surface area contributed by atoms with E-state index < -0.39 is 0 Å². The van der Waals surface area contributed by atoms with Gasteiger partial charge in [0.1, 0.15) is 0 Å². The summed E-state index contributed by atoms with van der Waals surface area (Å²) >= 11 is 0. The summed E-state index contributed by atoms with van der Waals surface area (Å²) in [4.78, 5) is 0. The first kappa shape index (κ1) is 13.2. The average molecular weight is 257 g/mol. The zero-order valence-electron chi connectivity index (χ0n) is 12.8. The van der Waals surface area contributed by atoms with Crippen LogP contribution in [0.4, 0.5) is 0 Å². The van der Waals surface area contributed by atoms with Gasteiger partial charge >= 0.3 is 0 Å². The van der Waals surface area contributed by atoms with E-state index in [2.05, 4.69) is 57.3 Å². The fourth-order valence-corrected chi connectivity index (χ4v) is 4.83. The van der Waals surface area contributed by atoms with E-state index in [1.54, 1.807) is 0 Å². The molecule has 104 valence electrons. The normalized spacial score (nSPS) is 35.8. The maximum Gasteiger partial charge on any atom is 0.0211 e. The topological polar surface area (TPSA) is 12.0 Å². The van der Waals surface area contributed by atoms with Crippen molar-refractivity contribution in [3.05, 3.63) is 35.4 Å². The Hall–Kier alpha value is -0.820. The van der Waals surface area contributed by atoms with Crippen molar-refractivity contribution >= 4 is 0 Å². The summed E-state index contributed by atoms with van der Waals surface area (Å²) < 4.78 is 0. The Kier molecular flexibility index (Phi) is 3.01. The van der Waals surface area contributed by atoms with Crippen molar-refractivity contribution in [1.29, 1.82) is 0 Å². The molecule has 2 aliphatic carbocycles. The smallest absolute Gasteiger partial charge is 0.0211 e. The molecule has 0 amide bonds. The molecule has 2 fully saturated rings. The summed E-state index contributed by atoms with van der Waals surface area (Å²) in [5.41, 5.74) is 3.83. The molecule has 1 nitrogen and oxygen atoms in total. The molecule has 2 bridgehead atoms. The Morgan fingerprint density at radius 3 is 2.58 bits per heavy atom. The Balaban J connectivity index is 1.75. The van der Waals surface area contributed by atoms with Crippen LogP contribution in [0, 0.1) is 23.7 Å². The van der Waals surface area contributed by atoms with Crippen LogP contribution in [0.5, 0.6) is 0 Å². The standard InChI is InChI=1S/C18H27N/c1-13-7-5-6-8-14(13)12-19-16-17(2,3)15-9-10-18(16,4)11-15/h5-8,15-16,19H,9-12H2,1-4H3. The minimum absolute atomic E-state index is 0.454. The van der Waals surface area contributed by atoms with E-state index in [9.17, 15) is 0 Å². The maximum atomic E-state index is 3.90.